The molecule has 0 fully saturated rings. The SMILES string of the molecule is CC(C)c1ccc(C[C@@]2(C)Cc3cc(CC(=O)NCCO)ccc3O2)cc1. The Balaban J connectivity index is 1.66. The summed E-state index contributed by atoms with van der Waals surface area (Å²) in [5.41, 5.74) is 4.49. The van der Waals surface area contributed by atoms with E-state index in [1.165, 1.54) is 11.1 Å². The third-order valence-electron chi connectivity index (χ3n) is 5.07. The summed E-state index contributed by atoms with van der Waals surface area (Å²) in [5.74, 6) is 1.38. The van der Waals surface area contributed by atoms with Crippen LogP contribution in [0, 0.1) is 0 Å². The highest BCUT2D eigenvalue weighted by Gasteiger charge is 2.35. The van der Waals surface area contributed by atoms with E-state index < -0.39 is 0 Å². The zero-order valence-corrected chi connectivity index (χ0v) is 16.4. The first-order valence-electron chi connectivity index (χ1n) is 9.66. The molecule has 1 heterocycles. The lowest BCUT2D eigenvalue weighted by atomic mass is 9.90. The first-order valence-corrected chi connectivity index (χ1v) is 9.66. The van der Waals surface area contributed by atoms with Crippen molar-refractivity contribution >= 4 is 5.91 Å². The van der Waals surface area contributed by atoms with E-state index in [0.29, 0.717) is 18.9 Å². The molecule has 0 aliphatic carbocycles. The van der Waals surface area contributed by atoms with Gasteiger partial charge >= 0.3 is 0 Å². The highest BCUT2D eigenvalue weighted by atomic mass is 16.5. The molecule has 1 aliphatic heterocycles. The van der Waals surface area contributed by atoms with Crippen LogP contribution in [0.2, 0.25) is 0 Å². The molecule has 1 atom stereocenters. The molecule has 0 saturated heterocycles. The number of benzene rings is 2. The van der Waals surface area contributed by atoms with Crippen LogP contribution >= 0.6 is 0 Å². The van der Waals surface area contributed by atoms with Crippen LogP contribution in [0.1, 0.15) is 48.9 Å². The minimum absolute atomic E-state index is 0.0414. The van der Waals surface area contributed by atoms with Gasteiger partial charge in [-0.2, -0.15) is 0 Å². The van der Waals surface area contributed by atoms with E-state index in [0.717, 1.165) is 29.7 Å². The molecule has 4 nitrogen and oxygen atoms in total. The maximum absolute atomic E-state index is 11.9. The summed E-state index contributed by atoms with van der Waals surface area (Å²) in [6, 6.07) is 14.8. The number of aliphatic hydroxyl groups is 1. The number of nitrogens with one attached hydrogen (secondary N) is 1. The molecule has 2 aromatic carbocycles. The van der Waals surface area contributed by atoms with Gasteiger partial charge in [0.1, 0.15) is 11.4 Å². The number of carbonyl (C=O) groups is 1. The lowest BCUT2D eigenvalue weighted by Crippen LogP contribution is -2.32. The van der Waals surface area contributed by atoms with Gasteiger partial charge in [-0.25, -0.2) is 0 Å². The monoisotopic (exact) mass is 367 g/mol. The molecule has 1 amide bonds. The Bertz CT molecular complexity index is 798. The van der Waals surface area contributed by atoms with Gasteiger partial charge in [-0.15, -0.1) is 0 Å². The summed E-state index contributed by atoms with van der Waals surface area (Å²) >= 11 is 0. The summed E-state index contributed by atoms with van der Waals surface area (Å²) in [5, 5.41) is 11.5. The standard InChI is InChI=1S/C23H29NO3/c1-16(2)19-7-4-17(5-8-19)14-23(3)15-20-12-18(6-9-21(20)27-23)13-22(26)24-10-11-25/h4-9,12,16,25H,10-11,13-15H2,1-3H3,(H,24,26)/t23-/m0/s1. The minimum atomic E-state index is -0.264. The van der Waals surface area contributed by atoms with E-state index in [1.54, 1.807) is 0 Å². The molecular weight excluding hydrogens is 338 g/mol. The van der Waals surface area contributed by atoms with Gasteiger partial charge in [-0.3, -0.25) is 4.79 Å². The van der Waals surface area contributed by atoms with Gasteiger partial charge in [0, 0.05) is 19.4 Å². The molecule has 2 N–H and O–H groups in total. The average molecular weight is 367 g/mol. The molecule has 2 aromatic rings. The van der Waals surface area contributed by atoms with Gasteiger partial charge in [0.15, 0.2) is 0 Å². The maximum atomic E-state index is 11.9. The zero-order chi connectivity index (χ0) is 19.4. The Morgan fingerprint density at radius 1 is 1.19 bits per heavy atom. The number of hydrogen-bond donors (Lipinski definition) is 2. The van der Waals surface area contributed by atoms with Crippen LogP contribution in [0.3, 0.4) is 0 Å². The van der Waals surface area contributed by atoms with Crippen LogP contribution in [0.25, 0.3) is 0 Å². The third kappa shape index (κ3) is 4.89. The van der Waals surface area contributed by atoms with E-state index in [1.807, 2.05) is 12.1 Å². The second-order valence-electron chi connectivity index (χ2n) is 7.99. The van der Waals surface area contributed by atoms with Crippen LogP contribution in [-0.4, -0.2) is 29.8 Å². The topological polar surface area (TPSA) is 58.6 Å². The predicted molar refractivity (Wildman–Crippen MR) is 107 cm³/mol. The first kappa shape index (κ1) is 19.4. The van der Waals surface area contributed by atoms with Gasteiger partial charge in [-0.05, 0) is 41.2 Å². The van der Waals surface area contributed by atoms with Crippen molar-refractivity contribution in [2.75, 3.05) is 13.2 Å². The molecule has 144 valence electrons. The molecular formula is C23H29NO3. The molecule has 0 radical (unpaired) electrons. The lowest BCUT2D eigenvalue weighted by Gasteiger charge is -2.24. The van der Waals surface area contributed by atoms with Crippen LogP contribution in [0.4, 0.5) is 0 Å². The molecule has 27 heavy (non-hydrogen) atoms. The second-order valence-corrected chi connectivity index (χ2v) is 7.99. The predicted octanol–water partition coefficient (Wildman–Crippen LogP) is 3.40. The summed E-state index contributed by atoms with van der Waals surface area (Å²) < 4.78 is 6.27. The quantitative estimate of drug-likeness (QED) is 0.789. The van der Waals surface area contributed by atoms with Crippen molar-refractivity contribution in [2.24, 2.45) is 0 Å². The summed E-state index contributed by atoms with van der Waals surface area (Å²) in [6.07, 6.45) is 2.01. The fourth-order valence-electron chi connectivity index (χ4n) is 3.68. The van der Waals surface area contributed by atoms with Gasteiger partial charge in [-0.1, -0.05) is 50.2 Å². The van der Waals surface area contributed by atoms with Crippen LogP contribution in [-0.2, 0) is 24.1 Å². The van der Waals surface area contributed by atoms with Crippen molar-refractivity contribution in [3.8, 4) is 5.75 Å². The molecule has 0 spiro atoms. The number of aliphatic hydroxyl groups excluding tert-OH is 1. The van der Waals surface area contributed by atoms with Gasteiger partial charge in [0.25, 0.3) is 0 Å². The van der Waals surface area contributed by atoms with Crippen molar-refractivity contribution in [1.82, 2.24) is 5.32 Å². The fraction of sp³-hybridized carbons (Fsp3) is 0.435. The number of fused-ring (bicyclic) bond motifs is 1. The van der Waals surface area contributed by atoms with E-state index >= 15 is 0 Å². The van der Waals surface area contributed by atoms with Crippen molar-refractivity contribution in [2.45, 2.75) is 51.6 Å². The van der Waals surface area contributed by atoms with Gasteiger partial charge in [0.2, 0.25) is 5.91 Å². The maximum Gasteiger partial charge on any atom is 0.224 e. The number of amides is 1. The Kier molecular flexibility index (Phi) is 5.85. The number of rotatable bonds is 7. The Morgan fingerprint density at radius 3 is 2.56 bits per heavy atom. The number of hydrogen-bond acceptors (Lipinski definition) is 3. The first-order chi connectivity index (χ1) is 12.9. The Labute approximate surface area is 161 Å². The molecule has 0 saturated carbocycles. The summed E-state index contributed by atoms with van der Waals surface area (Å²) in [4.78, 5) is 11.9. The van der Waals surface area contributed by atoms with Crippen molar-refractivity contribution in [1.29, 1.82) is 0 Å². The molecule has 4 heteroatoms. The Morgan fingerprint density at radius 2 is 1.89 bits per heavy atom. The molecule has 1 aliphatic rings. The number of carbonyl (C=O) groups excluding carboxylic acids is 1. The molecule has 3 rings (SSSR count). The molecule has 0 bridgehead atoms. The van der Waals surface area contributed by atoms with E-state index in [4.69, 9.17) is 9.84 Å². The molecule has 0 unspecified atom stereocenters. The van der Waals surface area contributed by atoms with Gasteiger partial charge in [0.05, 0.1) is 13.0 Å². The van der Waals surface area contributed by atoms with Crippen LogP contribution in [0.15, 0.2) is 42.5 Å². The summed E-state index contributed by atoms with van der Waals surface area (Å²) in [7, 11) is 0. The van der Waals surface area contributed by atoms with Crippen molar-refractivity contribution < 1.29 is 14.6 Å². The third-order valence-corrected chi connectivity index (χ3v) is 5.07. The van der Waals surface area contributed by atoms with Crippen molar-refractivity contribution in [3.05, 3.63) is 64.7 Å². The lowest BCUT2D eigenvalue weighted by molar-refractivity contribution is -0.120. The highest BCUT2D eigenvalue weighted by molar-refractivity contribution is 5.78. The zero-order valence-electron chi connectivity index (χ0n) is 16.4. The second kappa shape index (κ2) is 8.13. The van der Waals surface area contributed by atoms with E-state index in [2.05, 4.69) is 56.4 Å². The highest BCUT2D eigenvalue weighted by Crippen LogP contribution is 2.37. The van der Waals surface area contributed by atoms with Crippen LogP contribution < -0.4 is 10.1 Å². The van der Waals surface area contributed by atoms with Crippen LogP contribution in [0.5, 0.6) is 5.75 Å². The average Bonchev–Trinajstić information content (AvgIpc) is 2.95. The van der Waals surface area contributed by atoms with E-state index in [-0.39, 0.29) is 18.1 Å². The summed E-state index contributed by atoms with van der Waals surface area (Å²) in [6.45, 7) is 6.81. The normalized spacial score (nSPS) is 18.3. The van der Waals surface area contributed by atoms with E-state index in [9.17, 15) is 4.79 Å². The molecule has 0 aromatic heterocycles. The number of ether oxygens (including phenoxy) is 1. The van der Waals surface area contributed by atoms with Gasteiger partial charge < -0.3 is 15.2 Å². The fourth-order valence-corrected chi connectivity index (χ4v) is 3.68. The largest absolute Gasteiger partial charge is 0.487 e. The Hall–Kier alpha value is -2.33. The van der Waals surface area contributed by atoms with Crippen molar-refractivity contribution in [3.63, 3.8) is 0 Å². The minimum Gasteiger partial charge on any atom is -0.487 e. The smallest absolute Gasteiger partial charge is 0.224 e.